The molecule has 0 saturated heterocycles. The van der Waals surface area contributed by atoms with Crippen molar-refractivity contribution in [3.63, 3.8) is 0 Å². The minimum atomic E-state index is -0.481. The number of carbonyl (C=O) groups is 3. The van der Waals surface area contributed by atoms with Gasteiger partial charge < -0.3 is 15.4 Å². The summed E-state index contributed by atoms with van der Waals surface area (Å²) in [5.41, 5.74) is 3.27. The van der Waals surface area contributed by atoms with Crippen LogP contribution in [-0.4, -0.2) is 30.9 Å². The smallest absolute Gasteiger partial charge is 0.338 e. The van der Waals surface area contributed by atoms with Gasteiger partial charge in [-0.2, -0.15) is 0 Å². The van der Waals surface area contributed by atoms with Crippen LogP contribution in [0.2, 0.25) is 0 Å². The van der Waals surface area contributed by atoms with Gasteiger partial charge in [-0.15, -0.1) is 11.3 Å². The van der Waals surface area contributed by atoms with Crippen molar-refractivity contribution >= 4 is 34.8 Å². The molecular weight excluding hydrogens is 412 g/mol. The van der Waals surface area contributed by atoms with Crippen LogP contribution in [0.25, 0.3) is 0 Å². The molecule has 0 fully saturated rings. The Morgan fingerprint density at radius 1 is 0.968 bits per heavy atom. The third-order valence-corrected chi connectivity index (χ3v) is 5.41. The Hall–Kier alpha value is -3.45. The normalized spacial score (nSPS) is 10.4. The zero-order valence-corrected chi connectivity index (χ0v) is 18.0. The van der Waals surface area contributed by atoms with Gasteiger partial charge in [-0.3, -0.25) is 9.59 Å². The first-order valence-corrected chi connectivity index (χ1v) is 10.8. The van der Waals surface area contributed by atoms with Crippen LogP contribution in [0.3, 0.4) is 0 Å². The Morgan fingerprint density at radius 3 is 2.39 bits per heavy atom. The molecule has 1 heterocycles. The van der Waals surface area contributed by atoms with Crippen LogP contribution in [0.1, 0.15) is 37.6 Å². The standard InChI is InChI=1S/C24H24N2O4S/c1-17-4-6-18(7-5-17)8-13-22(27)25-14-15-30-24(29)19-9-11-20(12-10-19)26-23(28)21-3-2-16-31-21/h2-7,9-12,16H,8,13-15H2,1H3,(H,25,27)(H,26,28). The number of anilines is 1. The summed E-state index contributed by atoms with van der Waals surface area (Å²) in [5.74, 6) is -0.754. The van der Waals surface area contributed by atoms with Crippen LogP contribution in [0.5, 0.6) is 0 Å². The number of amides is 2. The molecule has 1 aromatic heterocycles. The first kappa shape index (κ1) is 22.2. The van der Waals surface area contributed by atoms with E-state index in [9.17, 15) is 14.4 Å². The number of benzene rings is 2. The van der Waals surface area contributed by atoms with E-state index >= 15 is 0 Å². The van der Waals surface area contributed by atoms with Crippen molar-refractivity contribution in [2.24, 2.45) is 0 Å². The number of aryl methyl sites for hydroxylation is 2. The zero-order chi connectivity index (χ0) is 22.1. The molecule has 7 heteroatoms. The van der Waals surface area contributed by atoms with E-state index in [0.717, 1.165) is 5.56 Å². The minimum Gasteiger partial charge on any atom is -0.460 e. The van der Waals surface area contributed by atoms with Gasteiger partial charge >= 0.3 is 5.97 Å². The van der Waals surface area contributed by atoms with Crippen LogP contribution in [-0.2, 0) is 16.0 Å². The number of thiophene rings is 1. The van der Waals surface area contributed by atoms with Gasteiger partial charge in [0, 0.05) is 12.1 Å². The summed E-state index contributed by atoms with van der Waals surface area (Å²) in [6.45, 7) is 2.37. The maximum atomic E-state index is 12.1. The molecule has 31 heavy (non-hydrogen) atoms. The van der Waals surface area contributed by atoms with Gasteiger partial charge in [0.15, 0.2) is 0 Å². The van der Waals surface area contributed by atoms with E-state index in [2.05, 4.69) is 10.6 Å². The SMILES string of the molecule is Cc1ccc(CCC(=O)NCCOC(=O)c2ccc(NC(=O)c3cccs3)cc2)cc1. The predicted octanol–water partition coefficient (Wildman–Crippen LogP) is 4.21. The van der Waals surface area contributed by atoms with Gasteiger partial charge in [-0.1, -0.05) is 35.9 Å². The fourth-order valence-corrected chi connectivity index (χ4v) is 3.43. The Bertz CT molecular complexity index is 1010. The van der Waals surface area contributed by atoms with Crippen molar-refractivity contribution < 1.29 is 19.1 Å². The van der Waals surface area contributed by atoms with E-state index in [1.807, 2.05) is 42.6 Å². The van der Waals surface area contributed by atoms with Crippen molar-refractivity contribution in [2.75, 3.05) is 18.5 Å². The summed E-state index contributed by atoms with van der Waals surface area (Å²) >= 11 is 1.36. The number of rotatable bonds is 9. The summed E-state index contributed by atoms with van der Waals surface area (Å²) in [4.78, 5) is 36.7. The fraction of sp³-hybridized carbons (Fsp3) is 0.208. The number of hydrogen-bond donors (Lipinski definition) is 2. The van der Waals surface area contributed by atoms with E-state index in [0.29, 0.717) is 29.0 Å². The lowest BCUT2D eigenvalue weighted by atomic mass is 10.1. The van der Waals surface area contributed by atoms with E-state index < -0.39 is 5.97 Å². The third-order valence-electron chi connectivity index (χ3n) is 4.54. The van der Waals surface area contributed by atoms with Crippen LogP contribution < -0.4 is 10.6 Å². The number of esters is 1. The van der Waals surface area contributed by atoms with Gasteiger partial charge in [0.2, 0.25) is 5.91 Å². The zero-order valence-electron chi connectivity index (χ0n) is 17.2. The highest BCUT2D eigenvalue weighted by Crippen LogP contribution is 2.14. The highest BCUT2D eigenvalue weighted by atomic mass is 32.1. The lowest BCUT2D eigenvalue weighted by Crippen LogP contribution is -2.28. The van der Waals surface area contributed by atoms with Gasteiger partial charge in [0.1, 0.15) is 6.61 Å². The molecule has 2 N–H and O–H groups in total. The molecule has 160 valence electrons. The Labute approximate surface area is 185 Å². The maximum absolute atomic E-state index is 12.1. The number of ether oxygens (including phenoxy) is 1. The maximum Gasteiger partial charge on any atom is 0.338 e. The van der Waals surface area contributed by atoms with Gasteiger partial charge in [-0.05, 0) is 54.6 Å². The number of carbonyl (C=O) groups excluding carboxylic acids is 3. The third kappa shape index (κ3) is 7.08. The average molecular weight is 437 g/mol. The summed E-state index contributed by atoms with van der Waals surface area (Å²) in [7, 11) is 0. The van der Waals surface area contributed by atoms with Crippen molar-refractivity contribution in [2.45, 2.75) is 19.8 Å². The molecule has 0 atom stereocenters. The summed E-state index contributed by atoms with van der Waals surface area (Å²) < 4.78 is 5.19. The molecule has 0 spiro atoms. The molecule has 0 unspecified atom stereocenters. The number of hydrogen-bond acceptors (Lipinski definition) is 5. The largest absolute Gasteiger partial charge is 0.460 e. The first-order valence-electron chi connectivity index (χ1n) is 9.95. The molecule has 0 aliphatic rings. The van der Waals surface area contributed by atoms with Crippen LogP contribution in [0.4, 0.5) is 5.69 Å². The Balaban J connectivity index is 1.35. The molecule has 0 aliphatic carbocycles. The lowest BCUT2D eigenvalue weighted by molar-refractivity contribution is -0.121. The topological polar surface area (TPSA) is 84.5 Å². The number of nitrogens with one attached hydrogen (secondary N) is 2. The second-order valence-electron chi connectivity index (χ2n) is 6.98. The van der Waals surface area contributed by atoms with Crippen LogP contribution in [0.15, 0.2) is 66.0 Å². The fourth-order valence-electron chi connectivity index (χ4n) is 2.81. The quantitative estimate of drug-likeness (QED) is 0.389. The van der Waals surface area contributed by atoms with E-state index in [4.69, 9.17) is 4.74 Å². The summed E-state index contributed by atoms with van der Waals surface area (Å²) in [6, 6.07) is 18.1. The van der Waals surface area contributed by atoms with Gasteiger partial charge in [0.05, 0.1) is 17.0 Å². The highest BCUT2D eigenvalue weighted by molar-refractivity contribution is 7.12. The summed E-state index contributed by atoms with van der Waals surface area (Å²) in [6.07, 6.45) is 1.05. The second kappa shape index (κ2) is 11.1. The van der Waals surface area contributed by atoms with Crippen molar-refractivity contribution in [3.8, 4) is 0 Å². The molecule has 6 nitrogen and oxygen atoms in total. The molecule has 2 aromatic carbocycles. The van der Waals surface area contributed by atoms with E-state index in [1.54, 1.807) is 30.3 Å². The molecule has 3 rings (SSSR count). The summed E-state index contributed by atoms with van der Waals surface area (Å²) in [5, 5.41) is 7.36. The molecule has 0 bridgehead atoms. The monoisotopic (exact) mass is 436 g/mol. The van der Waals surface area contributed by atoms with Crippen molar-refractivity contribution in [1.82, 2.24) is 5.32 Å². The minimum absolute atomic E-state index is 0.0811. The molecule has 0 saturated carbocycles. The van der Waals surface area contributed by atoms with Gasteiger partial charge in [-0.25, -0.2) is 4.79 Å². The predicted molar refractivity (Wildman–Crippen MR) is 122 cm³/mol. The molecule has 0 radical (unpaired) electrons. The first-order chi connectivity index (χ1) is 15.0. The van der Waals surface area contributed by atoms with Crippen molar-refractivity contribution in [1.29, 1.82) is 0 Å². The lowest BCUT2D eigenvalue weighted by Gasteiger charge is -2.08. The molecule has 0 aliphatic heterocycles. The Kier molecular flexibility index (Phi) is 7.95. The highest BCUT2D eigenvalue weighted by Gasteiger charge is 2.10. The molecular formula is C24H24N2O4S. The van der Waals surface area contributed by atoms with E-state index in [1.165, 1.54) is 16.9 Å². The van der Waals surface area contributed by atoms with E-state index in [-0.39, 0.29) is 25.0 Å². The Morgan fingerprint density at radius 2 is 1.71 bits per heavy atom. The van der Waals surface area contributed by atoms with Crippen LogP contribution >= 0.6 is 11.3 Å². The molecule has 3 aromatic rings. The van der Waals surface area contributed by atoms with Crippen LogP contribution in [0, 0.1) is 6.92 Å². The molecule has 2 amide bonds. The second-order valence-corrected chi connectivity index (χ2v) is 7.93. The average Bonchev–Trinajstić information content (AvgIpc) is 3.32. The van der Waals surface area contributed by atoms with Gasteiger partial charge in [0.25, 0.3) is 5.91 Å². The van der Waals surface area contributed by atoms with Crippen molar-refractivity contribution in [3.05, 3.63) is 87.6 Å².